The normalized spacial score (nSPS) is 13.6. The second kappa shape index (κ2) is 7.35. The van der Waals surface area contributed by atoms with Gasteiger partial charge in [0.05, 0.1) is 5.56 Å². The summed E-state index contributed by atoms with van der Waals surface area (Å²) in [6, 6.07) is 5.40. The predicted octanol–water partition coefficient (Wildman–Crippen LogP) is 1.95. The molecule has 1 aliphatic rings. The first-order chi connectivity index (χ1) is 11.7. The predicted molar refractivity (Wildman–Crippen MR) is 88.7 cm³/mol. The van der Waals surface area contributed by atoms with Crippen molar-refractivity contribution in [2.45, 2.75) is 25.7 Å². The van der Waals surface area contributed by atoms with Crippen LogP contribution in [0.4, 0.5) is 5.82 Å². The highest BCUT2D eigenvalue weighted by Gasteiger charge is 2.27. The zero-order valence-corrected chi connectivity index (χ0v) is 13.6. The number of aromatic nitrogens is 3. The zero-order chi connectivity index (χ0) is 16.9. The number of hydrogen-bond acceptors (Lipinski definition) is 6. The van der Waals surface area contributed by atoms with E-state index in [2.05, 4.69) is 15.0 Å². The molecule has 2 aromatic rings. The Balaban J connectivity index is 1.93. The van der Waals surface area contributed by atoms with Crippen LogP contribution in [-0.4, -0.2) is 46.2 Å². The van der Waals surface area contributed by atoms with Crippen molar-refractivity contribution in [2.75, 3.05) is 25.2 Å². The zero-order valence-electron chi connectivity index (χ0n) is 13.6. The molecule has 3 heterocycles. The molecule has 2 aromatic heterocycles. The van der Waals surface area contributed by atoms with Crippen molar-refractivity contribution in [1.82, 2.24) is 15.0 Å². The minimum absolute atomic E-state index is 0.0157. The Morgan fingerprint density at radius 1 is 1.38 bits per heavy atom. The van der Waals surface area contributed by atoms with Crippen LogP contribution in [0.25, 0.3) is 11.5 Å². The lowest BCUT2D eigenvalue weighted by atomic mass is 10.1. The fourth-order valence-electron chi connectivity index (χ4n) is 2.78. The van der Waals surface area contributed by atoms with Gasteiger partial charge in [0.15, 0.2) is 5.82 Å². The molecule has 0 aromatic carbocycles. The number of ether oxygens (including phenoxy) is 1. The first kappa shape index (κ1) is 16.3. The first-order valence-corrected chi connectivity index (χ1v) is 8.01. The van der Waals surface area contributed by atoms with Gasteiger partial charge in [-0.05, 0) is 31.4 Å². The molecule has 0 spiro atoms. The molecule has 0 saturated carbocycles. The summed E-state index contributed by atoms with van der Waals surface area (Å²) in [6.07, 6.45) is 4.12. The van der Waals surface area contributed by atoms with E-state index in [9.17, 15) is 9.90 Å². The second-order valence-corrected chi connectivity index (χ2v) is 5.63. The quantitative estimate of drug-likeness (QED) is 0.844. The number of fused-ring (bicyclic) bond motifs is 1. The smallest absolute Gasteiger partial charge is 0.228 e. The van der Waals surface area contributed by atoms with Crippen LogP contribution >= 0.6 is 0 Å². The summed E-state index contributed by atoms with van der Waals surface area (Å²) in [5, 5.41) is 10.3. The van der Waals surface area contributed by atoms with E-state index in [-0.39, 0.29) is 11.8 Å². The molecular weight excluding hydrogens is 308 g/mol. The van der Waals surface area contributed by atoms with Gasteiger partial charge in [-0.15, -0.1) is 0 Å². The minimum Gasteiger partial charge on any atom is -0.493 e. The van der Waals surface area contributed by atoms with E-state index in [0.717, 1.165) is 6.42 Å². The van der Waals surface area contributed by atoms with Crippen molar-refractivity contribution in [1.29, 1.82) is 0 Å². The lowest BCUT2D eigenvalue weighted by Crippen LogP contribution is -2.36. The Morgan fingerprint density at radius 3 is 3.00 bits per heavy atom. The third-order valence-electron chi connectivity index (χ3n) is 3.96. The summed E-state index contributed by atoms with van der Waals surface area (Å²) in [4.78, 5) is 27.0. The molecule has 0 bridgehead atoms. The molecule has 1 N–H and O–H groups in total. The van der Waals surface area contributed by atoms with Gasteiger partial charge in [-0.1, -0.05) is 6.07 Å². The van der Waals surface area contributed by atoms with Crippen molar-refractivity contribution >= 4 is 11.7 Å². The molecule has 3 rings (SSSR count). The van der Waals surface area contributed by atoms with Gasteiger partial charge in [-0.25, -0.2) is 4.98 Å². The van der Waals surface area contributed by atoms with Gasteiger partial charge in [-0.2, -0.15) is 4.98 Å². The van der Waals surface area contributed by atoms with Crippen molar-refractivity contribution in [2.24, 2.45) is 0 Å². The van der Waals surface area contributed by atoms with Crippen molar-refractivity contribution in [3.63, 3.8) is 0 Å². The summed E-state index contributed by atoms with van der Waals surface area (Å²) in [5.41, 5.74) is 1.19. The van der Waals surface area contributed by atoms with Gasteiger partial charge in [0.25, 0.3) is 0 Å². The molecule has 0 radical (unpaired) electrons. The molecule has 0 aliphatic carbocycles. The van der Waals surface area contributed by atoms with Crippen molar-refractivity contribution in [3.8, 4) is 17.4 Å². The van der Waals surface area contributed by atoms with Gasteiger partial charge in [0.1, 0.15) is 11.5 Å². The van der Waals surface area contributed by atoms with E-state index >= 15 is 0 Å². The molecule has 7 heteroatoms. The van der Waals surface area contributed by atoms with E-state index in [1.165, 1.54) is 0 Å². The van der Waals surface area contributed by atoms with Crippen LogP contribution in [-0.2, 0) is 16.0 Å². The van der Waals surface area contributed by atoms with E-state index in [1.807, 2.05) is 6.07 Å². The topological polar surface area (TPSA) is 88.4 Å². The Hall–Kier alpha value is -2.54. The number of methoxy groups -OCH3 is 1. The van der Waals surface area contributed by atoms with Gasteiger partial charge < -0.3 is 9.84 Å². The fraction of sp³-hybridized carbons (Fsp3) is 0.412. The van der Waals surface area contributed by atoms with Crippen LogP contribution in [0.15, 0.2) is 24.4 Å². The monoisotopic (exact) mass is 328 g/mol. The molecule has 0 atom stereocenters. The number of amides is 1. The maximum atomic E-state index is 12.5. The van der Waals surface area contributed by atoms with Gasteiger partial charge >= 0.3 is 0 Å². The minimum atomic E-state index is -0.0740. The molecule has 1 amide bonds. The third kappa shape index (κ3) is 3.35. The van der Waals surface area contributed by atoms with E-state index in [4.69, 9.17) is 4.74 Å². The summed E-state index contributed by atoms with van der Waals surface area (Å²) >= 11 is 0. The molecule has 24 heavy (non-hydrogen) atoms. The second-order valence-electron chi connectivity index (χ2n) is 5.63. The molecule has 7 nitrogen and oxygen atoms in total. The third-order valence-corrected chi connectivity index (χ3v) is 3.96. The SMILES string of the molecule is COCCCC(=O)N1CCCc2c(O)nc(-c3ccccn3)nc21. The van der Waals surface area contributed by atoms with Gasteiger partial charge in [-0.3, -0.25) is 14.7 Å². The number of hydrogen-bond donors (Lipinski definition) is 1. The largest absolute Gasteiger partial charge is 0.493 e. The van der Waals surface area contributed by atoms with Crippen LogP contribution < -0.4 is 4.90 Å². The summed E-state index contributed by atoms with van der Waals surface area (Å²) in [5.74, 6) is 0.730. The summed E-state index contributed by atoms with van der Waals surface area (Å²) < 4.78 is 5.00. The van der Waals surface area contributed by atoms with Gasteiger partial charge in [0, 0.05) is 32.9 Å². The van der Waals surface area contributed by atoms with Gasteiger partial charge in [0.2, 0.25) is 11.8 Å². The lowest BCUT2D eigenvalue weighted by molar-refractivity contribution is -0.119. The Labute approximate surface area is 140 Å². The average molecular weight is 328 g/mol. The number of rotatable bonds is 5. The van der Waals surface area contributed by atoms with E-state index in [1.54, 1.807) is 30.3 Å². The summed E-state index contributed by atoms with van der Waals surface area (Å²) in [6.45, 7) is 1.14. The highest BCUT2D eigenvalue weighted by molar-refractivity contribution is 5.94. The number of pyridine rings is 1. The van der Waals surface area contributed by atoms with E-state index in [0.29, 0.717) is 55.3 Å². The first-order valence-electron chi connectivity index (χ1n) is 8.01. The van der Waals surface area contributed by atoms with Crippen LogP contribution in [0.5, 0.6) is 5.88 Å². The molecule has 0 saturated heterocycles. The van der Waals surface area contributed by atoms with Crippen molar-refractivity contribution in [3.05, 3.63) is 30.0 Å². The fourth-order valence-corrected chi connectivity index (χ4v) is 2.78. The molecule has 126 valence electrons. The van der Waals surface area contributed by atoms with Crippen molar-refractivity contribution < 1.29 is 14.6 Å². The van der Waals surface area contributed by atoms with E-state index < -0.39 is 0 Å². The summed E-state index contributed by atoms with van der Waals surface area (Å²) in [7, 11) is 1.62. The van der Waals surface area contributed by atoms with Crippen LogP contribution in [0, 0.1) is 0 Å². The highest BCUT2D eigenvalue weighted by atomic mass is 16.5. The molecule has 1 aliphatic heterocycles. The number of carbonyl (C=O) groups excluding carboxylic acids is 1. The number of aromatic hydroxyl groups is 1. The Kier molecular flexibility index (Phi) is 5.00. The number of carbonyl (C=O) groups is 1. The van der Waals surface area contributed by atoms with Crippen LogP contribution in [0.2, 0.25) is 0 Å². The highest BCUT2D eigenvalue weighted by Crippen LogP contribution is 2.33. The molecule has 0 unspecified atom stereocenters. The standard InChI is InChI=1S/C17H20N4O3/c1-24-11-5-8-14(22)21-10-4-6-12-16(21)19-15(20-17(12)23)13-7-2-3-9-18-13/h2-3,7,9H,4-6,8,10-11H2,1H3,(H,19,20,23). The lowest BCUT2D eigenvalue weighted by Gasteiger charge is -2.28. The maximum Gasteiger partial charge on any atom is 0.228 e. The van der Waals surface area contributed by atoms with Crippen LogP contribution in [0.1, 0.15) is 24.8 Å². The Bertz CT molecular complexity index is 721. The molecular formula is C17H20N4O3. The number of anilines is 1. The average Bonchev–Trinajstić information content (AvgIpc) is 2.62. The molecule has 0 fully saturated rings. The Morgan fingerprint density at radius 2 is 2.25 bits per heavy atom. The number of nitrogens with zero attached hydrogens (tertiary/aromatic N) is 4. The maximum absolute atomic E-state index is 12.5. The van der Waals surface area contributed by atoms with Crippen LogP contribution in [0.3, 0.4) is 0 Å².